The smallest absolute Gasteiger partial charge is 0.259 e. The Bertz CT molecular complexity index is 933. The zero-order valence-corrected chi connectivity index (χ0v) is 16.8. The summed E-state index contributed by atoms with van der Waals surface area (Å²) >= 11 is 0. The van der Waals surface area contributed by atoms with Crippen LogP contribution in [0.25, 0.3) is 0 Å². The van der Waals surface area contributed by atoms with Gasteiger partial charge in [0.05, 0.1) is 24.7 Å². The van der Waals surface area contributed by atoms with E-state index >= 15 is 0 Å². The fourth-order valence-electron chi connectivity index (χ4n) is 2.39. The van der Waals surface area contributed by atoms with Gasteiger partial charge in [0.25, 0.3) is 5.91 Å². The molecule has 0 aliphatic carbocycles. The topological polar surface area (TPSA) is 93.7 Å². The van der Waals surface area contributed by atoms with E-state index in [-0.39, 0.29) is 4.90 Å². The molecule has 146 valence electrons. The third-order valence-electron chi connectivity index (χ3n) is 3.50. The molecule has 27 heavy (non-hydrogen) atoms. The molecule has 0 heterocycles. The number of benzene rings is 2. The molecule has 0 atom stereocenters. The standard InChI is InChI=1S/C19H24N2O5S/c1-19(2,3)21-27(23,24)15-8-6-7-13(11-15)20-18(22)16-10-9-14(25-4)12-17(16)26-5/h6-12,21H,1-5H3,(H,20,22). The second-order valence-corrected chi connectivity index (χ2v) is 8.59. The van der Waals surface area contributed by atoms with Gasteiger partial charge >= 0.3 is 0 Å². The van der Waals surface area contributed by atoms with Crippen LogP contribution in [0, 0.1) is 0 Å². The average Bonchev–Trinajstić information content (AvgIpc) is 2.59. The van der Waals surface area contributed by atoms with Crippen molar-refractivity contribution in [1.29, 1.82) is 0 Å². The minimum atomic E-state index is -3.71. The van der Waals surface area contributed by atoms with E-state index in [9.17, 15) is 13.2 Å². The fraction of sp³-hybridized carbons (Fsp3) is 0.316. The van der Waals surface area contributed by atoms with Crippen molar-refractivity contribution in [3.05, 3.63) is 48.0 Å². The molecule has 8 heteroatoms. The Hall–Kier alpha value is -2.58. The van der Waals surface area contributed by atoms with Gasteiger partial charge in [0.15, 0.2) is 0 Å². The Morgan fingerprint density at radius 1 is 1.00 bits per heavy atom. The molecule has 2 aromatic carbocycles. The second kappa shape index (κ2) is 7.98. The molecule has 0 bridgehead atoms. The Morgan fingerprint density at radius 2 is 1.70 bits per heavy atom. The lowest BCUT2D eigenvalue weighted by Crippen LogP contribution is -2.40. The van der Waals surface area contributed by atoms with Gasteiger partial charge in [0, 0.05) is 17.3 Å². The monoisotopic (exact) mass is 392 g/mol. The van der Waals surface area contributed by atoms with Crippen LogP contribution in [-0.4, -0.2) is 34.1 Å². The third-order valence-corrected chi connectivity index (χ3v) is 5.25. The van der Waals surface area contributed by atoms with E-state index in [0.717, 1.165) is 0 Å². The number of carbonyl (C=O) groups excluding carboxylic acids is 1. The SMILES string of the molecule is COc1ccc(C(=O)Nc2cccc(S(=O)(=O)NC(C)(C)C)c2)c(OC)c1. The van der Waals surface area contributed by atoms with Crippen LogP contribution in [0.15, 0.2) is 47.4 Å². The van der Waals surface area contributed by atoms with E-state index in [2.05, 4.69) is 10.0 Å². The van der Waals surface area contributed by atoms with Crippen LogP contribution < -0.4 is 19.5 Å². The molecule has 7 nitrogen and oxygen atoms in total. The lowest BCUT2D eigenvalue weighted by atomic mass is 10.1. The summed E-state index contributed by atoms with van der Waals surface area (Å²) < 4.78 is 37.9. The van der Waals surface area contributed by atoms with Gasteiger partial charge in [0.1, 0.15) is 11.5 Å². The summed E-state index contributed by atoms with van der Waals surface area (Å²) in [7, 11) is -0.730. The van der Waals surface area contributed by atoms with Crippen LogP contribution in [0.1, 0.15) is 31.1 Å². The largest absolute Gasteiger partial charge is 0.497 e. The van der Waals surface area contributed by atoms with Gasteiger partial charge in [-0.05, 0) is 51.1 Å². The Labute approximate surface area is 159 Å². The van der Waals surface area contributed by atoms with Gasteiger partial charge in [-0.15, -0.1) is 0 Å². The normalized spacial score (nSPS) is 11.7. The molecule has 0 aromatic heterocycles. The Morgan fingerprint density at radius 3 is 2.30 bits per heavy atom. The molecule has 2 N–H and O–H groups in total. The summed E-state index contributed by atoms with van der Waals surface area (Å²) in [5, 5.41) is 2.69. The van der Waals surface area contributed by atoms with Crippen molar-refractivity contribution < 1.29 is 22.7 Å². The quantitative estimate of drug-likeness (QED) is 0.788. The van der Waals surface area contributed by atoms with Crippen molar-refractivity contribution in [2.75, 3.05) is 19.5 Å². The number of anilines is 1. The number of methoxy groups -OCH3 is 2. The highest BCUT2D eigenvalue weighted by Crippen LogP contribution is 2.26. The minimum Gasteiger partial charge on any atom is -0.497 e. The van der Waals surface area contributed by atoms with Crippen LogP contribution in [0.2, 0.25) is 0 Å². The summed E-state index contributed by atoms with van der Waals surface area (Å²) in [5.41, 5.74) is 0.0446. The molecule has 2 aromatic rings. The Kier molecular flexibility index (Phi) is 6.12. The van der Waals surface area contributed by atoms with Crippen molar-refractivity contribution in [2.24, 2.45) is 0 Å². The first-order chi connectivity index (χ1) is 12.6. The average molecular weight is 392 g/mol. The van der Waals surface area contributed by atoms with Crippen LogP contribution in [0.4, 0.5) is 5.69 Å². The van der Waals surface area contributed by atoms with Gasteiger partial charge in [-0.2, -0.15) is 0 Å². The summed E-state index contributed by atoms with van der Waals surface area (Å²) in [6.07, 6.45) is 0. The number of nitrogens with one attached hydrogen (secondary N) is 2. The van der Waals surface area contributed by atoms with Crippen molar-refractivity contribution in [3.63, 3.8) is 0 Å². The maximum atomic E-state index is 12.6. The number of carbonyl (C=O) groups is 1. The zero-order valence-electron chi connectivity index (χ0n) is 16.0. The number of hydrogen-bond donors (Lipinski definition) is 2. The highest BCUT2D eigenvalue weighted by atomic mass is 32.2. The van der Waals surface area contributed by atoms with E-state index in [1.54, 1.807) is 51.1 Å². The molecule has 0 saturated heterocycles. The van der Waals surface area contributed by atoms with Crippen molar-refractivity contribution >= 4 is 21.6 Å². The number of hydrogen-bond acceptors (Lipinski definition) is 5. The Balaban J connectivity index is 2.28. The number of ether oxygens (including phenoxy) is 2. The van der Waals surface area contributed by atoms with E-state index in [1.807, 2.05) is 0 Å². The first-order valence-electron chi connectivity index (χ1n) is 8.23. The van der Waals surface area contributed by atoms with Gasteiger partial charge in [-0.25, -0.2) is 13.1 Å². The van der Waals surface area contributed by atoms with Crippen LogP contribution in [0.5, 0.6) is 11.5 Å². The first kappa shape index (κ1) is 20.7. The summed E-state index contributed by atoms with van der Waals surface area (Å²) in [5.74, 6) is 0.489. The molecule has 1 amide bonds. The molecule has 0 aliphatic heterocycles. The van der Waals surface area contributed by atoms with E-state index in [4.69, 9.17) is 9.47 Å². The van der Waals surface area contributed by atoms with Crippen molar-refractivity contribution in [3.8, 4) is 11.5 Å². The van der Waals surface area contributed by atoms with E-state index in [1.165, 1.54) is 26.4 Å². The molecular weight excluding hydrogens is 368 g/mol. The minimum absolute atomic E-state index is 0.0666. The van der Waals surface area contributed by atoms with E-state index in [0.29, 0.717) is 22.7 Å². The van der Waals surface area contributed by atoms with Crippen LogP contribution >= 0.6 is 0 Å². The van der Waals surface area contributed by atoms with Gasteiger partial charge in [-0.1, -0.05) is 6.07 Å². The van der Waals surface area contributed by atoms with E-state index < -0.39 is 21.5 Å². The number of amides is 1. The zero-order chi connectivity index (χ0) is 20.2. The molecular formula is C19H24N2O5S. The summed E-state index contributed by atoms with van der Waals surface area (Å²) in [4.78, 5) is 12.7. The second-order valence-electron chi connectivity index (χ2n) is 6.90. The predicted molar refractivity (Wildman–Crippen MR) is 104 cm³/mol. The predicted octanol–water partition coefficient (Wildman–Crippen LogP) is 3.03. The van der Waals surface area contributed by atoms with Crippen LogP contribution in [0.3, 0.4) is 0 Å². The molecule has 0 radical (unpaired) electrons. The van der Waals surface area contributed by atoms with Crippen LogP contribution in [-0.2, 0) is 10.0 Å². The number of sulfonamides is 1. The first-order valence-corrected chi connectivity index (χ1v) is 9.71. The molecule has 0 fully saturated rings. The van der Waals surface area contributed by atoms with Gasteiger partial charge in [0.2, 0.25) is 10.0 Å². The molecule has 2 rings (SSSR count). The van der Waals surface area contributed by atoms with Crippen molar-refractivity contribution in [2.45, 2.75) is 31.2 Å². The van der Waals surface area contributed by atoms with Gasteiger partial charge in [-0.3, -0.25) is 4.79 Å². The third kappa shape index (κ3) is 5.45. The lowest BCUT2D eigenvalue weighted by Gasteiger charge is -2.20. The maximum Gasteiger partial charge on any atom is 0.259 e. The highest BCUT2D eigenvalue weighted by Gasteiger charge is 2.22. The lowest BCUT2D eigenvalue weighted by molar-refractivity contribution is 0.102. The summed E-state index contributed by atoms with van der Waals surface area (Å²) in [6.45, 7) is 5.27. The molecule has 0 unspecified atom stereocenters. The summed E-state index contributed by atoms with van der Waals surface area (Å²) in [6, 6.07) is 10.9. The maximum absolute atomic E-state index is 12.6. The molecule has 0 saturated carbocycles. The molecule has 0 spiro atoms. The fourth-order valence-corrected chi connectivity index (χ4v) is 3.85. The number of rotatable bonds is 6. The van der Waals surface area contributed by atoms with Crippen molar-refractivity contribution in [1.82, 2.24) is 4.72 Å². The molecule has 0 aliphatic rings. The van der Waals surface area contributed by atoms with Gasteiger partial charge < -0.3 is 14.8 Å². The highest BCUT2D eigenvalue weighted by molar-refractivity contribution is 7.89.